The maximum atomic E-state index is 9.96. The van der Waals surface area contributed by atoms with Gasteiger partial charge in [-0.3, -0.25) is 9.59 Å². The van der Waals surface area contributed by atoms with Crippen molar-refractivity contribution in [1.82, 2.24) is 0 Å². The fourth-order valence-electron chi connectivity index (χ4n) is 1.23. The molecule has 2 N–H and O–H groups in total. The second-order valence-corrected chi connectivity index (χ2v) is 4.06. The number of carbonyl (C=O) groups is 2. The zero-order valence-corrected chi connectivity index (χ0v) is 13.8. The third-order valence-electron chi connectivity index (χ3n) is 2.24. The van der Waals surface area contributed by atoms with Crippen LogP contribution in [0.4, 0.5) is 0 Å². The first kappa shape index (κ1) is 22.8. The Morgan fingerprint density at radius 3 is 1.39 bits per heavy atom. The van der Waals surface area contributed by atoms with Crippen molar-refractivity contribution in [3.05, 3.63) is 0 Å². The summed E-state index contributed by atoms with van der Waals surface area (Å²) >= 11 is 0. The number of aliphatic carboxylic acids is 2. The van der Waals surface area contributed by atoms with E-state index in [1.165, 1.54) is 6.42 Å². The van der Waals surface area contributed by atoms with E-state index in [9.17, 15) is 9.59 Å². The van der Waals surface area contributed by atoms with Crippen LogP contribution in [0.2, 0.25) is 0 Å². The smallest absolute Gasteiger partial charge is 0.303 e. The Balaban J connectivity index is -0.000000238. The van der Waals surface area contributed by atoms with E-state index in [1.807, 2.05) is 0 Å². The molecule has 0 spiro atoms. The number of carboxylic acids is 2. The molecule has 110 valence electrons. The lowest BCUT2D eigenvalue weighted by Gasteiger charge is -1.92. The first-order valence-electron chi connectivity index (χ1n) is 6.48. The van der Waals surface area contributed by atoms with Gasteiger partial charge in [-0.2, -0.15) is 0 Å². The van der Waals surface area contributed by atoms with Crippen LogP contribution in [0.3, 0.4) is 0 Å². The van der Waals surface area contributed by atoms with Gasteiger partial charge in [0.1, 0.15) is 0 Å². The monoisotopic (exact) mass is 374 g/mol. The molecule has 0 rings (SSSR count). The molecule has 0 aliphatic carbocycles. The summed E-state index contributed by atoms with van der Waals surface area (Å²) in [5.74, 6) is -1.36. The van der Waals surface area contributed by atoms with Crippen LogP contribution in [-0.2, 0) is 9.59 Å². The van der Waals surface area contributed by atoms with Crippen LogP contribution in [0.15, 0.2) is 0 Å². The number of rotatable bonds is 9. The molecule has 0 aromatic rings. The zero-order chi connectivity index (χ0) is 13.5. The molecule has 0 saturated carbocycles. The van der Waals surface area contributed by atoms with E-state index in [0.717, 1.165) is 38.5 Å². The van der Waals surface area contributed by atoms with Gasteiger partial charge >= 0.3 is 11.9 Å². The molecule has 0 aromatic carbocycles. The Labute approximate surface area is 127 Å². The van der Waals surface area contributed by atoms with Gasteiger partial charge in [-0.05, 0) is 12.8 Å². The van der Waals surface area contributed by atoms with E-state index in [0.29, 0.717) is 12.8 Å². The lowest BCUT2D eigenvalue weighted by molar-refractivity contribution is -0.138. The van der Waals surface area contributed by atoms with Crippen LogP contribution in [0.1, 0.15) is 71.6 Å². The van der Waals surface area contributed by atoms with Crippen molar-refractivity contribution in [2.24, 2.45) is 0 Å². The summed E-state index contributed by atoms with van der Waals surface area (Å²) in [6, 6.07) is 0. The van der Waals surface area contributed by atoms with Crippen LogP contribution >= 0.6 is 24.0 Å². The molecule has 0 aliphatic rings. The standard InChI is InChI=1S/C7H14O2.C6H12O2.HI/c1-2-3-4-5-6-7(8)9;1-2-3-4-5-6(7)8;/h2-6H2,1H3,(H,8,9);2-5H2,1H3,(H,7,8);1H. The molecule has 0 saturated heterocycles. The van der Waals surface area contributed by atoms with Gasteiger partial charge in [-0.1, -0.05) is 46.0 Å². The SMILES string of the molecule is CCCCCC(=O)O.CCCCCCC(=O)O.I. The summed E-state index contributed by atoms with van der Waals surface area (Å²) in [6.45, 7) is 4.17. The minimum absolute atomic E-state index is 0. The van der Waals surface area contributed by atoms with Crippen molar-refractivity contribution in [2.75, 3.05) is 0 Å². The Morgan fingerprint density at radius 2 is 1.06 bits per heavy atom. The molecule has 5 heteroatoms. The fraction of sp³-hybridized carbons (Fsp3) is 0.846. The van der Waals surface area contributed by atoms with Gasteiger partial charge in [0.15, 0.2) is 0 Å². The molecular formula is C13H27IO4. The van der Waals surface area contributed by atoms with E-state index in [2.05, 4.69) is 13.8 Å². The van der Waals surface area contributed by atoms with Crippen molar-refractivity contribution in [2.45, 2.75) is 71.6 Å². The van der Waals surface area contributed by atoms with Gasteiger partial charge in [0.25, 0.3) is 0 Å². The van der Waals surface area contributed by atoms with Gasteiger partial charge in [0.2, 0.25) is 0 Å². The number of hydrogen-bond acceptors (Lipinski definition) is 2. The topological polar surface area (TPSA) is 74.6 Å². The van der Waals surface area contributed by atoms with Gasteiger partial charge in [0.05, 0.1) is 0 Å². The summed E-state index contributed by atoms with van der Waals surface area (Å²) in [5, 5.41) is 16.4. The van der Waals surface area contributed by atoms with Crippen molar-refractivity contribution >= 4 is 35.9 Å². The summed E-state index contributed by atoms with van der Waals surface area (Å²) in [4.78, 5) is 19.8. The highest BCUT2D eigenvalue weighted by atomic mass is 127. The molecule has 0 fully saturated rings. The van der Waals surface area contributed by atoms with E-state index >= 15 is 0 Å². The van der Waals surface area contributed by atoms with E-state index in [-0.39, 0.29) is 24.0 Å². The Bertz CT molecular complexity index is 195. The fourth-order valence-corrected chi connectivity index (χ4v) is 1.23. The molecule has 0 radical (unpaired) electrons. The molecule has 0 bridgehead atoms. The third kappa shape index (κ3) is 29.6. The second-order valence-electron chi connectivity index (χ2n) is 4.06. The molecule has 4 nitrogen and oxygen atoms in total. The molecule has 0 amide bonds. The summed E-state index contributed by atoms with van der Waals surface area (Å²) in [5.41, 5.74) is 0. The van der Waals surface area contributed by atoms with Crippen LogP contribution in [0.25, 0.3) is 0 Å². The predicted molar refractivity (Wildman–Crippen MR) is 83.6 cm³/mol. The lowest BCUT2D eigenvalue weighted by Crippen LogP contribution is -1.92. The molecule has 0 aliphatic heterocycles. The third-order valence-corrected chi connectivity index (χ3v) is 2.24. The maximum absolute atomic E-state index is 9.96. The van der Waals surface area contributed by atoms with Gasteiger partial charge in [-0.15, -0.1) is 24.0 Å². The molecular weight excluding hydrogens is 347 g/mol. The van der Waals surface area contributed by atoms with Crippen molar-refractivity contribution in [3.63, 3.8) is 0 Å². The zero-order valence-electron chi connectivity index (χ0n) is 11.5. The number of carboxylic acid groups (broad SMARTS) is 2. The average molecular weight is 374 g/mol. The van der Waals surface area contributed by atoms with Crippen LogP contribution in [0.5, 0.6) is 0 Å². The molecule has 18 heavy (non-hydrogen) atoms. The molecule has 0 heterocycles. The quantitative estimate of drug-likeness (QED) is 0.466. The normalized spacial score (nSPS) is 8.78. The van der Waals surface area contributed by atoms with Crippen LogP contribution < -0.4 is 0 Å². The highest BCUT2D eigenvalue weighted by molar-refractivity contribution is 14.0. The molecule has 0 atom stereocenters. The summed E-state index contributed by atoms with van der Waals surface area (Å²) < 4.78 is 0. The first-order valence-corrected chi connectivity index (χ1v) is 6.48. The summed E-state index contributed by atoms with van der Waals surface area (Å²) in [6.07, 6.45) is 7.83. The highest BCUT2D eigenvalue weighted by Gasteiger charge is 1.94. The Morgan fingerprint density at radius 1 is 0.722 bits per heavy atom. The number of hydrogen-bond donors (Lipinski definition) is 2. The van der Waals surface area contributed by atoms with Gasteiger partial charge in [0, 0.05) is 12.8 Å². The number of unbranched alkanes of at least 4 members (excludes halogenated alkanes) is 5. The minimum atomic E-state index is -0.682. The molecule has 0 aromatic heterocycles. The van der Waals surface area contributed by atoms with Gasteiger partial charge in [-0.25, -0.2) is 0 Å². The number of halogens is 1. The van der Waals surface area contributed by atoms with Crippen molar-refractivity contribution in [3.8, 4) is 0 Å². The highest BCUT2D eigenvalue weighted by Crippen LogP contribution is 2.01. The van der Waals surface area contributed by atoms with Gasteiger partial charge < -0.3 is 10.2 Å². The maximum Gasteiger partial charge on any atom is 0.303 e. The minimum Gasteiger partial charge on any atom is -0.481 e. The second kappa shape index (κ2) is 19.0. The van der Waals surface area contributed by atoms with E-state index < -0.39 is 11.9 Å². The van der Waals surface area contributed by atoms with E-state index in [1.54, 1.807) is 0 Å². The predicted octanol–water partition coefficient (Wildman–Crippen LogP) is 4.31. The van der Waals surface area contributed by atoms with Crippen molar-refractivity contribution in [1.29, 1.82) is 0 Å². The molecule has 0 unspecified atom stereocenters. The Hall–Kier alpha value is -0.330. The van der Waals surface area contributed by atoms with Crippen molar-refractivity contribution < 1.29 is 19.8 Å². The summed E-state index contributed by atoms with van der Waals surface area (Å²) in [7, 11) is 0. The Kier molecular flexibility index (Phi) is 24.1. The van der Waals surface area contributed by atoms with E-state index in [4.69, 9.17) is 10.2 Å². The average Bonchev–Trinajstić information content (AvgIpc) is 2.25. The lowest BCUT2D eigenvalue weighted by atomic mass is 10.2. The van der Waals surface area contributed by atoms with Crippen LogP contribution in [0, 0.1) is 0 Å². The van der Waals surface area contributed by atoms with Crippen LogP contribution in [-0.4, -0.2) is 22.2 Å². The largest absolute Gasteiger partial charge is 0.481 e. The first-order chi connectivity index (χ1) is 8.04.